The van der Waals surface area contributed by atoms with E-state index in [-0.39, 0.29) is 11.7 Å². The van der Waals surface area contributed by atoms with E-state index in [1.807, 2.05) is 42.5 Å². The lowest BCUT2D eigenvalue weighted by Gasteiger charge is -2.33. The van der Waals surface area contributed by atoms with Gasteiger partial charge in [-0.25, -0.2) is 0 Å². The van der Waals surface area contributed by atoms with Crippen LogP contribution in [0.25, 0.3) is 0 Å². The summed E-state index contributed by atoms with van der Waals surface area (Å²) in [5.74, 6) is -0.0565. The molecule has 0 bridgehead atoms. The molecule has 0 aromatic heterocycles. The quantitative estimate of drug-likeness (QED) is 0.783. The van der Waals surface area contributed by atoms with Gasteiger partial charge in [-0.3, -0.25) is 14.5 Å². The molecular weight excluding hydrogens is 348 g/mol. The Kier molecular flexibility index (Phi) is 4.29. The maximum atomic E-state index is 12.9. The Bertz CT molecular complexity index is 935. The van der Waals surface area contributed by atoms with Crippen LogP contribution in [0.15, 0.2) is 59.8 Å². The van der Waals surface area contributed by atoms with Crippen LogP contribution in [0.2, 0.25) is 5.02 Å². The third kappa shape index (κ3) is 2.71. The topological polar surface area (TPSA) is 49.4 Å². The van der Waals surface area contributed by atoms with Gasteiger partial charge in [-0.2, -0.15) is 0 Å². The molecule has 0 saturated carbocycles. The smallest absolute Gasteiger partial charge is 0.224 e. The average molecular weight is 367 g/mol. The molecule has 0 unspecified atom stereocenters. The number of para-hydroxylation sites is 2. The van der Waals surface area contributed by atoms with Gasteiger partial charge in [0, 0.05) is 29.6 Å². The van der Waals surface area contributed by atoms with E-state index >= 15 is 0 Å². The number of Topliss-reactive ketones (excluding diaryl/α,β-unsaturated/α-hetero) is 1. The lowest BCUT2D eigenvalue weighted by Crippen LogP contribution is -2.36. The molecular formula is C21H19ClN2O2. The van der Waals surface area contributed by atoms with Crippen molar-refractivity contribution in [2.45, 2.75) is 32.2 Å². The molecule has 2 aromatic carbocycles. The minimum absolute atomic E-state index is 0.0720. The third-order valence-electron chi connectivity index (χ3n) is 4.98. The van der Waals surface area contributed by atoms with Gasteiger partial charge < -0.3 is 5.32 Å². The van der Waals surface area contributed by atoms with Gasteiger partial charge in [0.25, 0.3) is 0 Å². The van der Waals surface area contributed by atoms with E-state index in [1.54, 1.807) is 11.0 Å². The number of anilines is 2. The third-order valence-corrected chi connectivity index (χ3v) is 5.32. The lowest BCUT2D eigenvalue weighted by atomic mass is 9.86. The van der Waals surface area contributed by atoms with Crippen LogP contribution in [-0.4, -0.2) is 11.7 Å². The van der Waals surface area contributed by atoms with Crippen molar-refractivity contribution in [1.29, 1.82) is 0 Å². The summed E-state index contributed by atoms with van der Waals surface area (Å²) in [6.45, 7) is 1.53. The maximum absolute atomic E-state index is 12.9. The molecule has 1 N–H and O–H groups in total. The van der Waals surface area contributed by atoms with Gasteiger partial charge in [-0.05, 0) is 36.6 Å². The molecule has 132 valence electrons. The highest BCUT2D eigenvalue weighted by Gasteiger charge is 2.39. The van der Waals surface area contributed by atoms with Crippen molar-refractivity contribution < 1.29 is 9.59 Å². The van der Waals surface area contributed by atoms with Gasteiger partial charge in [-0.1, -0.05) is 41.9 Å². The monoisotopic (exact) mass is 366 g/mol. The minimum Gasteiger partial charge on any atom is -0.357 e. The predicted molar refractivity (Wildman–Crippen MR) is 103 cm³/mol. The number of carbonyl (C=O) groups is 2. The van der Waals surface area contributed by atoms with Crippen LogP contribution in [0, 0.1) is 0 Å². The Labute approximate surface area is 157 Å². The summed E-state index contributed by atoms with van der Waals surface area (Å²) in [6, 6.07) is 14.6. The first-order valence-electron chi connectivity index (χ1n) is 8.74. The number of nitrogens with zero attached hydrogens (tertiary/aromatic N) is 1. The van der Waals surface area contributed by atoms with Crippen LogP contribution in [0.3, 0.4) is 0 Å². The number of allylic oxidation sites excluding steroid dienone is 1. The van der Waals surface area contributed by atoms with Gasteiger partial charge >= 0.3 is 0 Å². The number of hydrogen-bond donors (Lipinski definition) is 1. The predicted octanol–water partition coefficient (Wildman–Crippen LogP) is 4.87. The largest absolute Gasteiger partial charge is 0.357 e. The van der Waals surface area contributed by atoms with Gasteiger partial charge in [0.05, 0.1) is 17.4 Å². The van der Waals surface area contributed by atoms with Gasteiger partial charge in [0.15, 0.2) is 5.78 Å². The second-order valence-electron chi connectivity index (χ2n) is 6.62. The Balaban J connectivity index is 2.03. The summed E-state index contributed by atoms with van der Waals surface area (Å²) in [4.78, 5) is 27.3. The van der Waals surface area contributed by atoms with Crippen molar-refractivity contribution >= 4 is 34.7 Å². The van der Waals surface area contributed by atoms with E-state index in [1.165, 1.54) is 6.92 Å². The van der Waals surface area contributed by atoms with Crippen molar-refractivity contribution in [3.8, 4) is 0 Å². The van der Waals surface area contributed by atoms with Gasteiger partial charge in [0.2, 0.25) is 5.91 Å². The molecule has 4 nitrogen and oxygen atoms in total. The molecule has 1 amide bonds. The lowest BCUT2D eigenvalue weighted by molar-refractivity contribution is -0.117. The molecule has 4 rings (SSSR count). The standard InChI is InChI=1S/C21H19ClN2O2/c1-13(25)24-18-11-5-4-9-16(18)23-17-10-6-12-19(26)20(17)21(24)14-7-2-3-8-15(14)22/h2-5,7-9,11,21,23H,6,10,12H2,1H3/t21-/m1/s1. The van der Waals surface area contributed by atoms with Gasteiger partial charge in [-0.15, -0.1) is 0 Å². The molecule has 1 atom stereocenters. The molecule has 0 fully saturated rings. The zero-order chi connectivity index (χ0) is 18.3. The van der Waals surface area contributed by atoms with Crippen LogP contribution >= 0.6 is 11.6 Å². The van der Waals surface area contributed by atoms with Crippen molar-refractivity contribution in [1.82, 2.24) is 0 Å². The van der Waals surface area contributed by atoms with Crippen molar-refractivity contribution in [2.24, 2.45) is 0 Å². The molecule has 1 aliphatic heterocycles. The fourth-order valence-corrected chi connectivity index (χ4v) is 4.11. The van der Waals surface area contributed by atoms with E-state index < -0.39 is 6.04 Å². The van der Waals surface area contributed by atoms with Crippen molar-refractivity contribution in [3.05, 3.63) is 70.4 Å². The number of benzene rings is 2. The summed E-state index contributed by atoms with van der Waals surface area (Å²) in [7, 11) is 0. The Hall–Kier alpha value is -2.59. The molecule has 0 radical (unpaired) electrons. The van der Waals surface area contributed by atoms with Crippen LogP contribution in [0.1, 0.15) is 37.8 Å². The number of nitrogens with one attached hydrogen (secondary N) is 1. The molecule has 5 heteroatoms. The average Bonchev–Trinajstić information content (AvgIpc) is 2.77. The highest BCUT2D eigenvalue weighted by Crippen LogP contribution is 2.45. The first-order chi connectivity index (χ1) is 12.6. The summed E-state index contributed by atoms with van der Waals surface area (Å²) >= 11 is 6.49. The molecule has 1 heterocycles. The zero-order valence-corrected chi connectivity index (χ0v) is 15.2. The van der Waals surface area contributed by atoms with Crippen LogP contribution in [-0.2, 0) is 9.59 Å². The first kappa shape index (κ1) is 16.9. The van der Waals surface area contributed by atoms with Crippen LogP contribution in [0.5, 0.6) is 0 Å². The van der Waals surface area contributed by atoms with E-state index in [0.29, 0.717) is 17.0 Å². The highest BCUT2D eigenvalue weighted by atomic mass is 35.5. The number of carbonyl (C=O) groups excluding carboxylic acids is 2. The molecule has 26 heavy (non-hydrogen) atoms. The summed E-state index contributed by atoms with van der Waals surface area (Å²) < 4.78 is 0. The van der Waals surface area contributed by atoms with Crippen molar-refractivity contribution in [2.75, 3.05) is 10.2 Å². The van der Waals surface area contributed by atoms with Crippen LogP contribution < -0.4 is 10.2 Å². The SMILES string of the molecule is CC(=O)N1c2ccccc2NC2=C(C(=O)CCC2)[C@H]1c1ccccc1Cl. The Morgan fingerprint density at radius 1 is 1.12 bits per heavy atom. The fraction of sp³-hybridized carbons (Fsp3) is 0.238. The second kappa shape index (κ2) is 6.61. The van der Waals surface area contributed by atoms with E-state index in [2.05, 4.69) is 5.32 Å². The Morgan fingerprint density at radius 3 is 2.62 bits per heavy atom. The fourth-order valence-electron chi connectivity index (χ4n) is 3.87. The number of hydrogen-bond acceptors (Lipinski definition) is 3. The molecule has 1 aliphatic carbocycles. The molecule has 0 spiro atoms. The number of ketones is 1. The van der Waals surface area contributed by atoms with Gasteiger partial charge in [0.1, 0.15) is 0 Å². The highest BCUT2D eigenvalue weighted by molar-refractivity contribution is 6.31. The minimum atomic E-state index is -0.528. The second-order valence-corrected chi connectivity index (χ2v) is 7.03. The van der Waals surface area contributed by atoms with E-state index in [4.69, 9.17) is 11.6 Å². The normalized spacial score (nSPS) is 19.4. The molecule has 0 saturated heterocycles. The first-order valence-corrected chi connectivity index (χ1v) is 9.12. The van der Waals surface area contributed by atoms with E-state index in [0.717, 1.165) is 35.5 Å². The van der Waals surface area contributed by atoms with Crippen LogP contribution in [0.4, 0.5) is 11.4 Å². The Morgan fingerprint density at radius 2 is 1.85 bits per heavy atom. The molecule has 2 aromatic rings. The summed E-state index contributed by atoms with van der Waals surface area (Å²) in [5, 5.41) is 3.97. The van der Waals surface area contributed by atoms with E-state index in [9.17, 15) is 9.59 Å². The number of fused-ring (bicyclic) bond motifs is 1. The molecule has 2 aliphatic rings. The number of amides is 1. The summed E-state index contributed by atoms with van der Waals surface area (Å²) in [5.41, 5.74) is 3.90. The zero-order valence-electron chi connectivity index (χ0n) is 14.5. The summed E-state index contributed by atoms with van der Waals surface area (Å²) in [6.07, 6.45) is 2.08. The van der Waals surface area contributed by atoms with Crippen molar-refractivity contribution in [3.63, 3.8) is 0 Å². The number of rotatable bonds is 1. The maximum Gasteiger partial charge on any atom is 0.224 e. The number of halogens is 1.